The van der Waals surface area contributed by atoms with Crippen LogP contribution >= 0.6 is 11.8 Å². The number of nitrogens with zero attached hydrogens (tertiary/aromatic N) is 1. The molecule has 4 heteroatoms. The Morgan fingerprint density at radius 2 is 2.21 bits per heavy atom. The number of hydrogen-bond donors (Lipinski definition) is 2. The van der Waals surface area contributed by atoms with Gasteiger partial charge in [0, 0.05) is 28.8 Å². The SMILES string of the molecule is CCNC(CSC1CCCCC1)c1cccnc1N. The van der Waals surface area contributed by atoms with Gasteiger partial charge in [0.2, 0.25) is 0 Å². The highest BCUT2D eigenvalue weighted by Crippen LogP contribution is 2.31. The van der Waals surface area contributed by atoms with Crippen LogP contribution in [0.15, 0.2) is 18.3 Å². The first-order chi connectivity index (χ1) is 9.31. The molecule has 0 bridgehead atoms. The quantitative estimate of drug-likeness (QED) is 0.838. The van der Waals surface area contributed by atoms with Crippen LogP contribution in [0.4, 0.5) is 5.82 Å². The molecule has 1 aliphatic carbocycles. The second-order valence-electron chi connectivity index (χ2n) is 5.18. The first-order valence-electron chi connectivity index (χ1n) is 7.36. The van der Waals surface area contributed by atoms with Gasteiger partial charge in [-0.15, -0.1) is 0 Å². The summed E-state index contributed by atoms with van der Waals surface area (Å²) in [6.07, 6.45) is 8.74. The zero-order valence-corrected chi connectivity index (χ0v) is 12.6. The van der Waals surface area contributed by atoms with Crippen LogP contribution in [-0.4, -0.2) is 22.5 Å². The van der Waals surface area contributed by atoms with E-state index < -0.39 is 0 Å². The Morgan fingerprint density at radius 3 is 2.89 bits per heavy atom. The fraction of sp³-hybridized carbons (Fsp3) is 0.667. The molecular weight excluding hydrogens is 254 g/mol. The first kappa shape index (κ1) is 14.7. The van der Waals surface area contributed by atoms with Gasteiger partial charge in [-0.05, 0) is 25.5 Å². The van der Waals surface area contributed by atoms with Crippen LogP contribution in [0.5, 0.6) is 0 Å². The zero-order valence-electron chi connectivity index (χ0n) is 11.8. The molecule has 1 fully saturated rings. The van der Waals surface area contributed by atoms with Crippen molar-refractivity contribution in [2.45, 2.75) is 50.3 Å². The Labute approximate surface area is 120 Å². The van der Waals surface area contributed by atoms with Crippen LogP contribution in [0.25, 0.3) is 0 Å². The number of hydrogen-bond acceptors (Lipinski definition) is 4. The standard InChI is InChI=1S/C15H25N3S/c1-2-17-14(13-9-6-10-18-15(13)16)11-19-12-7-4-3-5-8-12/h6,9-10,12,14,17H,2-5,7-8,11H2,1H3,(H2,16,18). The summed E-state index contributed by atoms with van der Waals surface area (Å²) >= 11 is 2.10. The number of pyridine rings is 1. The molecule has 0 saturated heterocycles. The predicted octanol–water partition coefficient (Wildman–Crippen LogP) is 3.38. The monoisotopic (exact) mass is 279 g/mol. The number of nitrogens with two attached hydrogens (primary N) is 1. The van der Waals surface area contributed by atoms with Crippen LogP contribution in [0.2, 0.25) is 0 Å². The molecule has 1 unspecified atom stereocenters. The van der Waals surface area contributed by atoms with Crippen molar-refractivity contribution in [3.63, 3.8) is 0 Å². The lowest BCUT2D eigenvalue weighted by atomic mass is 10.0. The van der Waals surface area contributed by atoms with Crippen LogP contribution in [-0.2, 0) is 0 Å². The van der Waals surface area contributed by atoms with E-state index in [1.54, 1.807) is 6.20 Å². The number of nitrogen functional groups attached to an aromatic ring is 1. The number of aromatic nitrogens is 1. The minimum atomic E-state index is 0.325. The van der Waals surface area contributed by atoms with Gasteiger partial charge in [0.15, 0.2) is 0 Å². The molecule has 0 aromatic carbocycles. The van der Waals surface area contributed by atoms with Crippen LogP contribution in [0, 0.1) is 0 Å². The van der Waals surface area contributed by atoms with Crippen molar-refractivity contribution in [2.24, 2.45) is 0 Å². The lowest BCUT2D eigenvalue weighted by Gasteiger charge is -2.25. The van der Waals surface area contributed by atoms with E-state index >= 15 is 0 Å². The van der Waals surface area contributed by atoms with Crippen molar-refractivity contribution >= 4 is 17.6 Å². The molecule has 3 nitrogen and oxygen atoms in total. The van der Waals surface area contributed by atoms with Crippen molar-refractivity contribution in [3.05, 3.63) is 23.9 Å². The summed E-state index contributed by atoms with van der Waals surface area (Å²) in [5.41, 5.74) is 7.15. The molecule has 1 atom stereocenters. The molecule has 0 aliphatic heterocycles. The van der Waals surface area contributed by atoms with Gasteiger partial charge in [0.25, 0.3) is 0 Å². The maximum absolute atomic E-state index is 6.00. The maximum atomic E-state index is 6.00. The summed E-state index contributed by atoms with van der Waals surface area (Å²) in [6.45, 7) is 3.11. The van der Waals surface area contributed by atoms with E-state index in [0.717, 1.165) is 23.1 Å². The average molecular weight is 279 g/mol. The van der Waals surface area contributed by atoms with Crippen LogP contribution < -0.4 is 11.1 Å². The number of rotatable bonds is 6. The zero-order chi connectivity index (χ0) is 13.5. The minimum Gasteiger partial charge on any atom is -0.383 e. The Hall–Kier alpha value is -0.740. The summed E-state index contributed by atoms with van der Waals surface area (Å²) in [5.74, 6) is 1.76. The molecule has 2 rings (SSSR count). The van der Waals surface area contributed by atoms with E-state index in [2.05, 4.69) is 35.1 Å². The molecule has 0 radical (unpaired) electrons. The van der Waals surface area contributed by atoms with Crippen LogP contribution in [0.1, 0.15) is 50.6 Å². The fourth-order valence-corrected chi connectivity index (χ4v) is 4.12. The molecule has 1 heterocycles. The number of nitrogens with one attached hydrogen (secondary N) is 1. The summed E-state index contributed by atoms with van der Waals surface area (Å²) in [4.78, 5) is 4.21. The Balaban J connectivity index is 1.94. The summed E-state index contributed by atoms with van der Waals surface area (Å²) in [6, 6.07) is 4.39. The van der Waals surface area contributed by atoms with Crippen molar-refractivity contribution in [1.29, 1.82) is 0 Å². The van der Waals surface area contributed by atoms with E-state index in [1.165, 1.54) is 32.1 Å². The summed E-state index contributed by atoms with van der Waals surface area (Å²) < 4.78 is 0. The maximum Gasteiger partial charge on any atom is 0.128 e. The molecule has 1 aliphatic rings. The topological polar surface area (TPSA) is 50.9 Å². The van der Waals surface area contributed by atoms with Gasteiger partial charge < -0.3 is 11.1 Å². The lowest BCUT2D eigenvalue weighted by molar-refractivity contribution is 0.514. The van der Waals surface area contributed by atoms with E-state index in [1.807, 2.05) is 6.07 Å². The molecule has 106 valence electrons. The summed E-state index contributed by atoms with van der Waals surface area (Å²) in [5, 5.41) is 4.38. The number of thioether (sulfide) groups is 1. The van der Waals surface area contributed by atoms with Crippen LogP contribution in [0.3, 0.4) is 0 Å². The highest BCUT2D eigenvalue weighted by atomic mass is 32.2. The third-order valence-electron chi connectivity index (χ3n) is 3.75. The lowest BCUT2D eigenvalue weighted by Crippen LogP contribution is -2.25. The first-order valence-corrected chi connectivity index (χ1v) is 8.41. The Morgan fingerprint density at radius 1 is 1.42 bits per heavy atom. The largest absolute Gasteiger partial charge is 0.383 e. The summed E-state index contributed by atoms with van der Waals surface area (Å²) in [7, 11) is 0. The molecular formula is C15H25N3S. The molecule has 1 aromatic heterocycles. The van der Waals surface area contributed by atoms with E-state index in [0.29, 0.717) is 11.9 Å². The van der Waals surface area contributed by atoms with Gasteiger partial charge in [0.05, 0.1) is 0 Å². The molecule has 0 spiro atoms. The van der Waals surface area contributed by atoms with Gasteiger partial charge in [-0.2, -0.15) is 11.8 Å². The van der Waals surface area contributed by atoms with Gasteiger partial charge in [0.1, 0.15) is 5.82 Å². The van der Waals surface area contributed by atoms with Gasteiger partial charge in [-0.1, -0.05) is 32.3 Å². The van der Waals surface area contributed by atoms with Gasteiger partial charge in [-0.3, -0.25) is 0 Å². The second-order valence-corrected chi connectivity index (χ2v) is 6.51. The molecule has 19 heavy (non-hydrogen) atoms. The minimum absolute atomic E-state index is 0.325. The molecule has 1 saturated carbocycles. The Bertz CT molecular complexity index is 377. The van der Waals surface area contributed by atoms with E-state index in [-0.39, 0.29) is 0 Å². The molecule has 3 N–H and O–H groups in total. The van der Waals surface area contributed by atoms with Crippen molar-refractivity contribution in [2.75, 3.05) is 18.0 Å². The predicted molar refractivity (Wildman–Crippen MR) is 84.4 cm³/mol. The fourth-order valence-electron chi connectivity index (χ4n) is 2.69. The molecule has 1 aromatic rings. The smallest absolute Gasteiger partial charge is 0.128 e. The van der Waals surface area contributed by atoms with Gasteiger partial charge in [-0.25, -0.2) is 4.98 Å². The average Bonchev–Trinajstić information content (AvgIpc) is 2.45. The van der Waals surface area contributed by atoms with E-state index in [4.69, 9.17) is 5.73 Å². The third kappa shape index (κ3) is 4.39. The highest BCUT2D eigenvalue weighted by Gasteiger charge is 2.18. The number of anilines is 1. The van der Waals surface area contributed by atoms with Crippen molar-refractivity contribution in [1.82, 2.24) is 10.3 Å². The normalized spacial score (nSPS) is 18.4. The van der Waals surface area contributed by atoms with Crippen molar-refractivity contribution in [3.8, 4) is 0 Å². The third-order valence-corrected chi connectivity index (χ3v) is 5.22. The van der Waals surface area contributed by atoms with Crippen molar-refractivity contribution < 1.29 is 0 Å². The second kappa shape index (κ2) is 7.75. The highest BCUT2D eigenvalue weighted by molar-refractivity contribution is 7.99. The van der Waals surface area contributed by atoms with Gasteiger partial charge >= 0.3 is 0 Å². The van der Waals surface area contributed by atoms with E-state index in [9.17, 15) is 0 Å². The molecule has 0 amide bonds. The Kier molecular flexibility index (Phi) is 5.98.